The Bertz CT molecular complexity index is 671. The molecule has 0 unspecified atom stereocenters. The summed E-state index contributed by atoms with van der Waals surface area (Å²) in [6.07, 6.45) is 1.73. The van der Waals surface area contributed by atoms with Crippen LogP contribution in [-0.2, 0) is 6.54 Å². The van der Waals surface area contributed by atoms with Gasteiger partial charge >= 0.3 is 0 Å². The molecule has 0 fully saturated rings. The smallest absolute Gasteiger partial charge is 0.174 e. The van der Waals surface area contributed by atoms with Crippen LogP contribution in [0, 0.1) is 3.57 Å². The van der Waals surface area contributed by atoms with E-state index in [1.807, 2.05) is 37.3 Å². The average Bonchev–Trinajstić information content (AvgIpc) is 2.60. The quantitative estimate of drug-likeness (QED) is 0.447. The van der Waals surface area contributed by atoms with Crippen LogP contribution in [0.4, 0.5) is 5.69 Å². The number of ether oxygens (including phenoxy) is 3. The molecule has 0 amide bonds. The Labute approximate surface area is 157 Å². The fourth-order valence-electron chi connectivity index (χ4n) is 2.18. The molecule has 4 nitrogen and oxygen atoms in total. The lowest BCUT2D eigenvalue weighted by Crippen LogP contribution is -2.04. The van der Waals surface area contributed by atoms with Gasteiger partial charge in [-0.1, -0.05) is 12.7 Å². The first-order valence-corrected chi connectivity index (χ1v) is 8.82. The molecule has 0 saturated heterocycles. The highest BCUT2D eigenvalue weighted by molar-refractivity contribution is 14.1. The van der Waals surface area contributed by atoms with Crippen molar-refractivity contribution in [3.05, 3.63) is 58.2 Å². The van der Waals surface area contributed by atoms with Crippen LogP contribution in [0.5, 0.6) is 17.2 Å². The molecule has 2 aromatic carbocycles. The van der Waals surface area contributed by atoms with Gasteiger partial charge in [0.05, 0.1) is 17.3 Å². The Morgan fingerprint density at radius 2 is 1.92 bits per heavy atom. The van der Waals surface area contributed by atoms with Gasteiger partial charge in [-0.2, -0.15) is 0 Å². The molecule has 0 saturated carbocycles. The zero-order valence-electron chi connectivity index (χ0n) is 14.0. The van der Waals surface area contributed by atoms with Crippen LogP contribution in [0.2, 0.25) is 0 Å². The number of hydrogen-bond donors (Lipinski definition) is 1. The zero-order valence-corrected chi connectivity index (χ0v) is 16.1. The van der Waals surface area contributed by atoms with E-state index in [9.17, 15) is 0 Å². The molecular weight excluding hydrogens is 417 g/mol. The lowest BCUT2D eigenvalue weighted by Gasteiger charge is -2.15. The van der Waals surface area contributed by atoms with Gasteiger partial charge in [-0.25, -0.2) is 0 Å². The highest BCUT2D eigenvalue weighted by Gasteiger charge is 2.12. The number of anilines is 1. The van der Waals surface area contributed by atoms with Gasteiger partial charge in [-0.3, -0.25) is 0 Å². The topological polar surface area (TPSA) is 39.7 Å². The third kappa shape index (κ3) is 5.06. The number of benzene rings is 2. The number of methoxy groups -OCH3 is 1. The SMILES string of the molecule is C=CCOc1c(I)cc(CNc2ccc(OC)cc2)cc1OCC. The second kappa shape index (κ2) is 9.42. The molecule has 0 spiro atoms. The van der Waals surface area contributed by atoms with Gasteiger partial charge in [0.15, 0.2) is 11.5 Å². The second-order valence-corrected chi connectivity index (χ2v) is 6.18. The summed E-state index contributed by atoms with van der Waals surface area (Å²) in [6, 6.07) is 12.0. The van der Waals surface area contributed by atoms with Gasteiger partial charge in [0.25, 0.3) is 0 Å². The van der Waals surface area contributed by atoms with Crippen LogP contribution < -0.4 is 19.5 Å². The summed E-state index contributed by atoms with van der Waals surface area (Å²) < 4.78 is 17.6. The van der Waals surface area contributed by atoms with E-state index in [1.54, 1.807) is 13.2 Å². The maximum Gasteiger partial charge on any atom is 0.174 e. The third-order valence-electron chi connectivity index (χ3n) is 3.30. The first-order valence-electron chi connectivity index (χ1n) is 7.74. The normalized spacial score (nSPS) is 10.1. The molecule has 0 bridgehead atoms. The molecule has 0 atom stereocenters. The first-order chi connectivity index (χ1) is 11.7. The van der Waals surface area contributed by atoms with Crippen LogP contribution in [0.3, 0.4) is 0 Å². The summed E-state index contributed by atoms with van der Waals surface area (Å²) in [5.41, 5.74) is 2.17. The predicted molar refractivity (Wildman–Crippen MR) is 106 cm³/mol. The molecule has 2 aromatic rings. The van der Waals surface area contributed by atoms with Crippen molar-refractivity contribution in [3.8, 4) is 17.2 Å². The number of rotatable bonds is 9. The van der Waals surface area contributed by atoms with Crippen molar-refractivity contribution in [3.63, 3.8) is 0 Å². The lowest BCUT2D eigenvalue weighted by atomic mass is 10.2. The number of halogens is 1. The third-order valence-corrected chi connectivity index (χ3v) is 4.10. The molecular formula is C19H22INO3. The number of nitrogens with one attached hydrogen (secondary N) is 1. The van der Waals surface area contributed by atoms with Gasteiger partial charge in [0, 0.05) is 12.2 Å². The van der Waals surface area contributed by atoms with Crippen molar-refractivity contribution in [1.82, 2.24) is 0 Å². The summed E-state index contributed by atoms with van der Waals surface area (Å²) in [4.78, 5) is 0. The fraction of sp³-hybridized carbons (Fsp3) is 0.263. The van der Waals surface area contributed by atoms with E-state index in [2.05, 4.69) is 40.6 Å². The standard InChI is InChI=1S/C19H22INO3/c1-4-10-24-19-17(20)11-14(12-18(19)23-5-2)13-21-15-6-8-16(22-3)9-7-15/h4,6-9,11-12,21H,1,5,10,13H2,2-3H3. The largest absolute Gasteiger partial charge is 0.497 e. The Balaban J connectivity index is 2.12. The Morgan fingerprint density at radius 3 is 2.54 bits per heavy atom. The van der Waals surface area contributed by atoms with Crippen LogP contribution in [0.25, 0.3) is 0 Å². The van der Waals surface area contributed by atoms with E-state index in [0.717, 1.165) is 32.1 Å². The maximum absolute atomic E-state index is 5.73. The van der Waals surface area contributed by atoms with Crippen molar-refractivity contribution < 1.29 is 14.2 Å². The monoisotopic (exact) mass is 439 g/mol. The van der Waals surface area contributed by atoms with Gasteiger partial charge in [-0.05, 0) is 71.5 Å². The minimum absolute atomic E-state index is 0.458. The van der Waals surface area contributed by atoms with E-state index < -0.39 is 0 Å². The molecule has 0 aliphatic heterocycles. The van der Waals surface area contributed by atoms with Gasteiger partial charge in [0.2, 0.25) is 0 Å². The van der Waals surface area contributed by atoms with Crippen molar-refractivity contribution in [1.29, 1.82) is 0 Å². The molecule has 2 rings (SSSR count). The molecule has 0 aliphatic carbocycles. The summed E-state index contributed by atoms with van der Waals surface area (Å²) in [7, 11) is 1.66. The summed E-state index contributed by atoms with van der Waals surface area (Å²) >= 11 is 2.27. The van der Waals surface area contributed by atoms with Gasteiger partial charge in [0.1, 0.15) is 12.4 Å². The summed E-state index contributed by atoms with van der Waals surface area (Å²) in [5, 5.41) is 3.40. The van der Waals surface area contributed by atoms with Crippen LogP contribution in [0.15, 0.2) is 49.1 Å². The molecule has 128 valence electrons. The van der Waals surface area contributed by atoms with E-state index in [1.165, 1.54) is 0 Å². The minimum Gasteiger partial charge on any atom is -0.497 e. The lowest BCUT2D eigenvalue weighted by molar-refractivity contribution is 0.295. The average molecular weight is 439 g/mol. The Morgan fingerprint density at radius 1 is 1.17 bits per heavy atom. The van der Waals surface area contributed by atoms with Crippen molar-refractivity contribution >= 4 is 28.3 Å². The summed E-state index contributed by atoms with van der Waals surface area (Å²) in [5.74, 6) is 2.38. The Kier molecular flexibility index (Phi) is 7.24. The van der Waals surface area contributed by atoms with E-state index in [4.69, 9.17) is 14.2 Å². The molecule has 0 aromatic heterocycles. The first kappa shape index (κ1) is 18.4. The van der Waals surface area contributed by atoms with E-state index in [0.29, 0.717) is 19.8 Å². The molecule has 0 heterocycles. The molecule has 0 aliphatic rings. The molecule has 5 heteroatoms. The van der Waals surface area contributed by atoms with Crippen LogP contribution >= 0.6 is 22.6 Å². The maximum atomic E-state index is 5.73. The molecule has 0 radical (unpaired) electrons. The van der Waals surface area contributed by atoms with Crippen LogP contribution in [-0.4, -0.2) is 20.3 Å². The van der Waals surface area contributed by atoms with E-state index >= 15 is 0 Å². The van der Waals surface area contributed by atoms with Crippen molar-refractivity contribution in [2.24, 2.45) is 0 Å². The highest BCUT2D eigenvalue weighted by atomic mass is 127. The van der Waals surface area contributed by atoms with Gasteiger partial charge < -0.3 is 19.5 Å². The Hall–Kier alpha value is -1.89. The van der Waals surface area contributed by atoms with Crippen LogP contribution in [0.1, 0.15) is 12.5 Å². The molecule has 1 N–H and O–H groups in total. The highest BCUT2D eigenvalue weighted by Crippen LogP contribution is 2.34. The van der Waals surface area contributed by atoms with Gasteiger partial charge in [-0.15, -0.1) is 0 Å². The van der Waals surface area contributed by atoms with E-state index in [-0.39, 0.29) is 0 Å². The second-order valence-electron chi connectivity index (χ2n) is 5.02. The molecule has 24 heavy (non-hydrogen) atoms. The zero-order chi connectivity index (χ0) is 17.4. The van der Waals surface area contributed by atoms with Crippen molar-refractivity contribution in [2.75, 3.05) is 25.6 Å². The fourth-order valence-corrected chi connectivity index (χ4v) is 3.00. The minimum atomic E-state index is 0.458. The predicted octanol–water partition coefficient (Wildman–Crippen LogP) is 4.88. The van der Waals surface area contributed by atoms with Crippen molar-refractivity contribution in [2.45, 2.75) is 13.5 Å². The summed E-state index contributed by atoms with van der Waals surface area (Å²) in [6.45, 7) is 7.40. The number of hydrogen-bond acceptors (Lipinski definition) is 4.